The molecule has 0 aliphatic heterocycles. The van der Waals surface area contributed by atoms with E-state index in [4.69, 9.17) is 15.0 Å². The van der Waals surface area contributed by atoms with Crippen LogP contribution in [-0.4, -0.2) is 23.9 Å². The lowest BCUT2D eigenvalue weighted by Crippen LogP contribution is -2.03. The van der Waals surface area contributed by atoms with Crippen LogP contribution in [0.1, 0.15) is 0 Å². The van der Waals surface area contributed by atoms with Crippen LogP contribution in [-0.2, 0) is 0 Å². The molecule has 12 rings (SSSR count). The van der Waals surface area contributed by atoms with Gasteiger partial charge in [0.1, 0.15) is 5.82 Å². The summed E-state index contributed by atoms with van der Waals surface area (Å²) in [6, 6.07) is 70.7. The Kier molecular flexibility index (Phi) is 7.16. The normalized spacial score (nSPS) is 11.8. The van der Waals surface area contributed by atoms with Gasteiger partial charge in [-0.05, 0) is 46.8 Å². The predicted molar refractivity (Wildman–Crippen MR) is 239 cm³/mol. The van der Waals surface area contributed by atoms with Crippen LogP contribution in [0.25, 0.3) is 111 Å². The van der Waals surface area contributed by atoms with Crippen molar-refractivity contribution in [3.05, 3.63) is 200 Å². The Bertz CT molecular complexity index is 3540. The summed E-state index contributed by atoms with van der Waals surface area (Å²) >= 11 is 0. The maximum atomic E-state index is 5.48. The molecule has 0 atom stereocenters. The summed E-state index contributed by atoms with van der Waals surface area (Å²) in [6.07, 6.45) is 0. The van der Waals surface area contributed by atoms with Crippen molar-refractivity contribution in [2.24, 2.45) is 0 Å². The van der Waals surface area contributed by atoms with E-state index in [-0.39, 0.29) is 0 Å². The SMILES string of the molecule is c1ccc(-c2ccc3c4cc5c(cc4n(-c4nc(-c6ccccc6)c6ccccc6n4)c3c2)c2ccccc2n2c(-c3ccccc3)nc(-c3ccccc3)c52)cc1. The molecule has 0 unspecified atom stereocenters. The molecule has 0 aliphatic rings. The Labute approximate surface area is 333 Å². The zero-order valence-corrected chi connectivity index (χ0v) is 31.3. The van der Waals surface area contributed by atoms with Gasteiger partial charge >= 0.3 is 0 Å². The molecular formula is C53H33N5. The third kappa shape index (κ3) is 4.93. The van der Waals surface area contributed by atoms with E-state index in [0.29, 0.717) is 5.95 Å². The summed E-state index contributed by atoms with van der Waals surface area (Å²) in [5.41, 5.74) is 12.5. The zero-order chi connectivity index (χ0) is 38.2. The second-order valence-electron chi connectivity index (χ2n) is 14.8. The first-order chi connectivity index (χ1) is 28.8. The van der Waals surface area contributed by atoms with E-state index in [2.05, 4.69) is 203 Å². The van der Waals surface area contributed by atoms with Crippen molar-refractivity contribution < 1.29 is 0 Å². The molecule has 0 amide bonds. The molecule has 0 saturated heterocycles. The van der Waals surface area contributed by atoms with Gasteiger partial charge in [-0.1, -0.05) is 170 Å². The van der Waals surface area contributed by atoms with E-state index < -0.39 is 0 Å². The maximum absolute atomic E-state index is 5.48. The molecule has 4 heterocycles. The van der Waals surface area contributed by atoms with Gasteiger partial charge in [0.05, 0.1) is 39.0 Å². The lowest BCUT2D eigenvalue weighted by molar-refractivity contribution is 1.01. The lowest BCUT2D eigenvalue weighted by Gasteiger charge is -2.14. The fourth-order valence-electron chi connectivity index (χ4n) is 8.87. The Morgan fingerprint density at radius 3 is 1.60 bits per heavy atom. The van der Waals surface area contributed by atoms with Crippen molar-refractivity contribution in [3.8, 4) is 51.0 Å². The van der Waals surface area contributed by atoms with Crippen molar-refractivity contribution in [2.75, 3.05) is 0 Å². The molecule has 12 aromatic rings. The summed E-state index contributed by atoms with van der Waals surface area (Å²) in [5.74, 6) is 1.55. The van der Waals surface area contributed by atoms with Crippen molar-refractivity contribution in [2.45, 2.75) is 0 Å². The fourth-order valence-corrected chi connectivity index (χ4v) is 8.87. The number of aromatic nitrogens is 5. The van der Waals surface area contributed by atoms with Crippen LogP contribution in [0.15, 0.2) is 200 Å². The second kappa shape index (κ2) is 12.8. The summed E-state index contributed by atoms with van der Waals surface area (Å²) in [5, 5.41) is 6.69. The topological polar surface area (TPSA) is 48.0 Å². The first-order valence-electron chi connectivity index (χ1n) is 19.6. The molecule has 5 nitrogen and oxygen atoms in total. The van der Waals surface area contributed by atoms with Crippen LogP contribution in [0.3, 0.4) is 0 Å². The number of para-hydroxylation sites is 2. The first-order valence-corrected chi connectivity index (χ1v) is 19.6. The van der Waals surface area contributed by atoms with Crippen molar-refractivity contribution in [3.63, 3.8) is 0 Å². The molecule has 0 bridgehead atoms. The molecule has 0 N–H and O–H groups in total. The standard InChI is InChI=1S/C53H33N5/c1-5-17-34(18-6-1)38-29-30-40-43-32-44-42(33-48(43)57(47(40)31-38)53-54-45-27-15-13-26-41(45)49(56-53)35-19-7-2-8-20-35)39-25-14-16-28-46(39)58-51(44)50(36-21-9-3-10-22-36)55-52(58)37-23-11-4-12-24-37/h1-33H. The van der Waals surface area contributed by atoms with Gasteiger partial charge in [-0.2, -0.15) is 0 Å². The minimum atomic E-state index is 0.633. The van der Waals surface area contributed by atoms with Crippen LogP contribution in [0, 0.1) is 0 Å². The molecule has 0 radical (unpaired) electrons. The Hall–Kier alpha value is -7.89. The molecule has 0 spiro atoms. The van der Waals surface area contributed by atoms with Gasteiger partial charge in [0, 0.05) is 43.6 Å². The molecule has 0 aliphatic carbocycles. The van der Waals surface area contributed by atoms with Crippen LogP contribution >= 0.6 is 0 Å². The van der Waals surface area contributed by atoms with Gasteiger partial charge in [-0.3, -0.25) is 8.97 Å². The van der Waals surface area contributed by atoms with Gasteiger partial charge in [-0.15, -0.1) is 0 Å². The molecule has 270 valence electrons. The Balaban J connectivity index is 1.26. The highest BCUT2D eigenvalue weighted by Crippen LogP contribution is 2.43. The number of rotatable bonds is 5. The summed E-state index contributed by atoms with van der Waals surface area (Å²) in [6.45, 7) is 0. The fraction of sp³-hybridized carbons (Fsp3) is 0. The van der Waals surface area contributed by atoms with Gasteiger partial charge < -0.3 is 0 Å². The van der Waals surface area contributed by atoms with Crippen molar-refractivity contribution in [1.82, 2.24) is 23.9 Å². The molecule has 4 aromatic heterocycles. The van der Waals surface area contributed by atoms with Gasteiger partial charge in [0.15, 0.2) is 0 Å². The number of hydrogen-bond donors (Lipinski definition) is 0. The van der Waals surface area contributed by atoms with E-state index >= 15 is 0 Å². The minimum absolute atomic E-state index is 0.633. The number of benzene rings is 8. The van der Waals surface area contributed by atoms with E-state index in [9.17, 15) is 0 Å². The molecule has 0 saturated carbocycles. The molecule has 5 heteroatoms. The lowest BCUT2D eigenvalue weighted by atomic mass is 9.99. The van der Waals surface area contributed by atoms with Gasteiger partial charge in [-0.25, -0.2) is 15.0 Å². The Morgan fingerprint density at radius 1 is 0.310 bits per heavy atom. The molecular weight excluding hydrogens is 707 g/mol. The largest absolute Gasteiger partial charge is 0.291 e. The van der Waals surface area contributed by atoms with Crippen LogP contribution in [0.4, 0.5) is 0 Å². The smallest absolute Gasteiger partial charge is 0.235 e. The van der Waals surface area contributed by atoms with Crippen molar-refractivity contribution in [1.29, 1.82) is 0 Å². The quantitative estimate of drug-likeness (QED) is 0.165. The van der Waals surface area contributed by atoms with Gasteiger partial charge in [0.25, 0.3) is 0 Å². The zero-order valence-electron chi connectivity index (χ0n) is 31.3. The molecule has 58 heavy (non-hydrogen) atoms. The molecule has 0 fully saturated rings. The molecule has 8 aromatic carbocycles. The summed E-state index contributed by atoms with van der Waals surface area (Å²) < 4.78 is 4.64. The third-order valence-corrected chi connectivity index (χ3v) is 11.5. The third-order valence-electron chi connectivity index (χ3n) is 11.5. The second-order valence-corrected chi connectivity index (χ2v) is 14.8. The van der Waals surface area contributed by atoms with E-state index in [0.717, 1.165) is 105 Å². The average Bonchev–Trinajstić information content (AvgIpc) is 3.86. The number of imidazole rings is 1. The minimum Gasteiger partial charge on any atom is -0.291 e. The highest BCUT2D eigenvalue weighted by molar-refractivity contribution is 6.23. The number of fused-ring (bicyclic) bond motifs is 10. The average molecular weight is 740 g/mol. The predicted octanol–water partition coefficient (Wildman–Crippen LogP) is 13.3. The summed E-state index contributed by atoms with van der Waals surface area (Å²) in [7, 11) is 0. The van der Waals surface area contributed by atoms with E-state index in [1.54, 1.807) is 0 Å². The van der Waals surface area contributed by atoms with E-state index in [1.165, 1.54) is 0 Å². The van der Waals surface area contributed by atoms with Gasteiger partial charge in [0.2, 0.25) is 5.95 Å². The number of nitrogens with zero attached hydrogens (tertiary/aromatic N) is 5. The summed E-state index contributed by atoms with van der Waals surface area (Å²) in [4.78, 5) is 16.2. The van der Waals surface area contributed by atoms with E-state index in [1.807, 2.05) is 6.07 Å². The first kappa shape index (κ1) is 32.4. The maximum Gasteiger partial charge on any atom is 0.235 e. The highest BCUT2D eigenvalue weighted by Gasteiger charge is 2.24. The number of hydrogen-bond acceptors (Lipinski definition) is 3. The number of pyridine rings is 1. The van der Waals surface area contributed by atoms with Crippen LogP contribution in [0.5, 0.6) is 0 Å². The van der Waals surface area contributed by atoms with Crippen molar-refractivity contribution >= 4 is 59.9 Å². The monoisotopic (exact) mass is 739 g/mol. The van der Waals surface area contributed by atoms with Crippen LogP contribution < -0.4 is 0 Å². The van der Waals surface area contributed by atoms with Crippen LogP contribution in [0.2, 0.25) is 0 Å². The highest BCUT2D eigenvalue weighted by atomic mass is 15.2. The Morgan fingerprint density at radius 2 is 0.879 bits per heavy atom.